The topological polar surface area (TPSA) is 66.4 Å². The summed E-state index contributed by atoms with van der Waals surface area (Å²) in [6.45, 7) is 2.22. The highest BCUT2D eigenvalue weighted by atomic mass is 32.2. The summed E-state index contributed by atoms with van der Waals surface area (Å²) in [5.74, 6) is 0.946. The zero-order valence-corrected chi connectivity index (χ0v) is 14.6. The number of likely N-dealkylation sites (N-methyl/N-ethyl adjacent to an activating group) is 1. The molecular weight excluding hydrogens is 306 g/mol. The lowest BCUT2D eigenvalue weighted by atomic mass is 9.92. The van der Waals surface area contributed by atoms with Crippen molar-refractivity contribution in [1.29, 1.82) is 0 Å². The molecule has 0 radical (unpaired) electrons. The Morgan fingerprint density at radius 3 is 2.33 bits per heavy atom. The maximum Gasteiger partial charge on any atom is 0.175 e. The van der Waals surface area contributed by atoms with E-state index in [4.69, 9.17) is 0 Å². The van der Waals surface area contributed by atoms with Crippen LogP contribution in [-0.2, 0) is 9.84 Å². The predicted molar refractivity (Wildman–Crippen MR) is 88.7 cm³/mol. The highest BCUT2D eigenvalue weighted by molar-refractivity contribution is 7.99. The van der Waals surface area contributed by atoms with Gasteiger partial charge in [0.15, 0.2) is 9.84 Å². The van der Waals surface area contributed by atoms with E-state index in [9.17, 15) is 13.5 Å². The quantitative estimate of drug-likeness (QED) is 0.537. The molecule has 21 heavy (non-hydrogen) atoms. The van der Waals surface area contributed by atoms with E-state index in [-0.39, 0.29) is 12.1 Å². The maximum atomic E-state index is 11.4. The van der Waals surface area contributed by atoms with Crippen molar-refractivity contribution in [1.82, 2.24) is 5.32 Å². The Hall–Kier alpha value is -0.560. The van der Waals surface area contributed by atoms with Gasteiger partial charge < -0.3 is 10.4 Å². The standard InChI is InChI=1S/C15H25NO3S2/c1-4-15(12-17,16-2)10-5-11-20-13-6-8-14(9-7-13)21(3,18)19/h6-9,16-17H,4-5,10-12H2,1-3H3. The molecule has 120 valence electrons. The minimum Gasteiger partial charge on any atom is -0.394 e. The van der Waals surface area contributed by atoms with E-state index < -0.39 is 9.84 Å². The van der Waals surface area contributed by atoms with Crippen LogP contribution in [0.4, 0.5) is 0 Å². The van der Waals surface area contributed by atoms with Crippen molar-refractivity contribution in [2.75, 3.05) is 25.7 Å². The predicted octanol–water partition coefficient (Wildman–Crippen LogP) is 2.32. The number of rotatable bonds is 9. The van der Waals surface area contributed by atoms with Crippen molar-refractivity contribution in [2.24, 2.45) is 0 Å². The summed E-state index contributed by atoms with van der Waals surface area (Å²) in [7, 11) is -1.23. The molecule has 0 heterocycles. The van der Waals surface area contributed by atoms with Crippen molar-refractivity contribution in [3.8, 4) is 0 Å². The fourth-order valence-electron chi connectivity index (χ4n) is 2.13. The molecular formula is C15H25NO3S2. The molecule has 2 N–H and O–H groups in total. The van der Waals surface area contributed by atoms with Gasteiger partial charge in [-0.05, 0) is 56.3 Å². The second-order valence-corrected chi connectivity index (χ2v) is 8.42. The number of aliphatic hydroxyl groups excluding tert-OH is 1. The number of hydrogen-bond acceptors (Lipinski definition) is 5. The Morgan fingerprint density at radius 2 is 1.90 bits per heavy atom. The Morgan fingerprint density at radius 1 is 1.29 bits per heavy atom. The minimum atomic E-state index is -3.12. The van der Waals surface area contributed by atoms with Crippen LogP contribution < -0.4 is 5.32 Å². The van der Waals surface area contributed by atoms with Crippen LogP contribution in [-0.4, -0.2) is 44.7 Å². The number of hydrogen-bond donors (Lipinski definition) is 2. The van der Waals surface area contributed by atoms with Gasteiger partial charge in [0, 0.05) is 16.7 Å². The smallest absolute Gasteiger partial charge is 0.175 e. The zero-order valence-electron chi connectivity index (χ0n) is 12.9. The molecule has 0 bridgehead atoms. The van der Waals surface area contributed by atoms with Crippen molar-refractivity contribution in [3.63, 3.8) is 0 Å². The second kappa shape index (κ2) is 8.17. The van der Waals surface area contributed by atoms with E-state index in [0.717, 1.165) is 29.9 Å². The molecule has 0 aromatic heterocycles. The molecule has 0 saturated heterocycles. The molecule has 0 aliphatic rings. The van der Waals surface area contributed by atoms with Crippen LogP contribution in [0.1, 0.15) is 26.2 Å². The SMILES string of the molecule is CCC(CO)(CCCSc1ccc(S(C)(=O)=O)cc1)NC. The molecule has 0 spiro atoms. The van der Waals surface area contributed by atoms with E-state index in [1.54, 1.807) is 23.9 Å². The summed E-state index contributed by atoms with van der Waals surface area (Å²) in [5, 5.41) is 12.7. The molecule has 0 fully saturated rings. The third kappa shape index (κ3) is 5.62. The maximum absolute atomic E-state index is 11.4. The van der Waals surface area contributed by atoms with Gasteiger partial charge in [0.2, 0.25) is 0 Å². The van der Waals surface area contributed by atoms with Gasteiger partial charge in [0.25, 0.3) is 0 Å². The summed E-state index contributed by atoms with van der Waals surface area (Å²) in [6, 6.07) is 6.99. The summed E-state index contributed by atoms with van der Waals surface area (Å²) in [6.07, 6.45) is 4.03. The van der Waals surface area contributed by atoms with E-state index in [1.165, 1.54) is 6.26 Å². The third-order valence-electron chi connectivity index (χ3n) is 3.83. The first-order valence-corrected chi connectivity index (χ1v) is 9.97. The molecule has 0 saturated carbocycles. The lowest BCUT2D eigenvalue weighted by molar-refractivity contribution is 0.154. The number of benzene rings is 1. The molecule has 1 aromatic carbocycles. The first-order valence-electron chi connectivity index (χ1n) is 7.09. The molecule has 1 atom stereocenters. The van der Waals surface area contributed by atoms with Crippen LogP contribution in [0.3, 0.4) is 0 Å². The number of nitrogens with one attached hydrogen (secondary N) is 1. The van der Waals surface area contributed by atoms with Crippen LogP contribution in [0.25, 0.3) is 0 Å². The summed E-state index contributed by atoms with van der Waals surface area (Å²) in [5.41, 5.74) is -0.180. The average molecular weight is 332 g/mol. The minimum absolute atomic E-state index is 0.147. The van der Waals surface area contributed by atoms with Gasteiger partial charge in [-0.2, -0.15) is 0 Å². The second-order valence-electron chi connectivity index (χ2n) is 5.24. The van der Waals surface area contributed by atoms with Gasteiger partial charge in [-0.1, -0.05) is 6.92 Å². The first-order chi connectivity index (χ1) is 9.87. The van der Waals surface area contributed by atoms with Crippen LogP contribution in [0.15, 0.2) is 34.1 Å². The molecule has 6 heteroatoms. The van der Waals surface area contributed by atoms with Crippen LogP contribution in [0.5, 0.6) is 0 Å². The van der Waals surface area contributed by atoms with Crippen LogP contribution in [0.2, 0.25) is 0 Å². The Labute approximate surface area is 132 Å². The lowest BCUT2D eigenvalue weighted by Gasteiger charge is -2.30. The fourth-order valence-corrected chi connectivity index (χ4v) is 3.62. The van der Waals surface area contributed by atoms with Gasteiger partial charge in [0.1, 0.15) is 0 Å². The van der Waals surface area contributed by atoms with Crippen LogP contribution in [0, 0.1) is 0 Å². The molecule has 0 amide bonds. The summed E-state index contributed by atoms with van der Waals surface area (Å²) >= 11 is 1.71. The monoisotopic (exact) mass is 331 g/mol. The normalized spacial score (nSPS) is 14.9. The van der Waals surface area contributed by atoms with E-state index in [2.05, 4.69) is 12.2 Å². The number of sulfone groups is 1. The number of aliphatic hydroxyl groups is 1. The van der Waals surface area contributed by atoms with Gasteiger partial charge in [-0.15, -0.1) is 11.8 Å². The zero-order chi connectivity index (χ0) is 15.9. The van der Waals surface area contributed by atoms with Crippen molar-refractivity contribution >= 4 is 21.6 Å². The summed E-state index contributed by atoms with van der Waals surface area (Å²) < 4.78 is 22.8. The van der Waals surface area contributed by atoms with E-state index in [0.29, 0.717) is 4.90 Å². The van der Waals surface area contributed by atoms with Crippen molar-refractivity contribution in [2.45, 2.75) is 41.5 Å². The van der Waals surface area contributed by atoms with E-state index in [1.807, 2.05) is 19.2 Å². The number of thioether (sulfide) groups is 1. The van der Waals surface area contributed by atoms with Gasteiger partial charge in [-0.25, -0.2) is 8.42 Å². The Bertz CT molecular complexity index is 514. The van der Waals surface area contributed by atoms with Crippen molar-refractivity contribution in [3.05, 3.63) is 24.3 Å². The Kier molecular flexibility index (Phi) is 7.20. The van der Waals surface area contributed by atoms with Gasteiger partial charge >= 0.3 is 0 Å². The largest absolute Gasteiger partial charge is 0.394 e. The highest BCUT2D eigenvalue weighted by Gasteiger charge is 2.24. The molecule has 0 aliphatic heterocycles. The van der Waals surface area contributed by atoms with Gasteiger partial charge in [0.05, 0.1) is 11.5 Å². The molecule has 1 rings (SSSR count). The first kappa shape index (κ1) is 18.5. The lowest BCUT2D eigenvalue weighted by Crippen LogP contribution is -2.45. The fraction of sp³-hybridized carbons (Fsp3) is 0.600. The molecule has 4 nitrogen and oxygen atoms in total. The summed E-state index contributed by atoms with van der Waals surface area (Å²) in [4.78, 5) is 1.42. The van der Waals surface area contributed by atoms with Crippen molar-refractivity contribution < 1.29 is 13.5 Å². The molecule has 1 unspecified atom stereocenters. The molecule has 1 aromatic rings. The third-order valence-corrected chi connectivity index (χ3v) is 6.06. The highest BCUT2D eigenvalue weighted by Crippen LogP contribution is 2.24. The van der Waals surface area contributed by atoms with Crippen LogP contribution >= 0.6 is 11.8 Å². The van der Waals surface area contributed by atoms with E-state index >= 15 is 0 Å². The van der Waals surface area contributed by atoms with Gasteiger partial charge in [-0.3, -0.25) is 0 Å². The molecule has 0 aliphatic carbocycles. The average Bonchev–Trinajstić information content (AvgIpc) is 2.48. The Balaban J connectivity index is 2.46.